The van der Waals surface area contributed by atoms with Crippen LogP contribution in [0.4, 0.5) is 17.6 Å². The van der Waals surface area contributed by atoms with Crippen LogP contribution in [0.25, 0.3) is 0 Å². The molecule has 0 fully saturated rings. The van der Waals surface area contributed by atoms with E-state index in [0.29, 0.717) is 0 Å². The quantitative estimate of drug-likeness (QED) is 0.412. The molecule has 0 bridgehead atoms. The Kier molecular flexibility index (Phi) is 5.24. The van der Waals surface area contributed by atoms with Gasteiger partial charge in [0.1, 0.15) is 5.83 Å². The first-order valence-corrected chi connectivity index (χ1v) is 4.08. The van der Waals surface area contributed by atoms with Crippen LogP contribution in [0, 0.1) is 0 Å². The summed E-state index contributed by atoms with van der Waals surface area (Å²) in [4.78, 5) is -1.06. The minimum absolute atomic E-state index is 0.554. The molecule has 6 heteroatoms. The first-order valence-electron chi connectivity index (χ1n) is 3.00. The predicted octanol–water partition coefficient (Wildman–Crippen LogP) is 3.66. The average Bonchev–Trinajstić information content (AvgIpc) is 2.12. The Balaban J connectivity index is 5.10. The molecular formula is C7H6F4S2. The number of allylic oxidation sites excluding steroid dienone is 3. The van der Waals surface area contributed by atoms with Gasteiger partial charge in [0.05, 0.1) is 4.91 Å². The molecule has 0 atom stereocenters. The molecule has 0 rings (SSSR count). The summed E-state index contributed by atoms with van der Waals surface area (Å²) in [5.41, 5.74) is 0. The van der Waals surface area contributed by atoms with Crippen LogP contribution in [0.5, 0.6) is 0 Å². The Morgan fingerprint density at radius 3 is 1.85 bits per heavy atom. The van der Waals surface area contributed by atoms with Crippen molar-refractivity contribution in [3.63, 3.8) is 0 Å². The van der Waals surface area contributed by atoms with Crippen molar-refractivity contribution in [1.29, 1.82) is 0 Å². The highest BCUT2D eigenvalue weighted by Crippen LogP contribution is 2.28. The summed E-state index contributed by atoms with van der Waals surface area (Å²) in [5, 5.41) is 0. The molecular weight excluding hydrogens is 224 g/mol. The largest absolute Gasteiger partial charge is 0.208 e. The molecule has 0 aromatic carbocycles. The highest BCUT2D eigenvalue weighted by molar-refractivity contribution is 7.84. The number of hydrogen-bond acceptors (Lipinski definition) is 2. The summed E-state index contributed by atoms with van der Waals surface area (Å²) in [6, 6.07) is 0. The summed E-state index contributed by atoms with van der Waals surface area (Å²) in [7, 11) is 0. The third-order valence-corrected chi connectivity index (χ3v) is 1.70. The summed E-state index contributed by atoms with van der Waals surface area (Å²) in [5.74, 6) is -6.58. The maximum atomic E-state index is 12.7. The molecule has 0 unspecified atom stereocenters. The third-order valence-electron chi connectivity index (χ3n) is 1.03. The highest BCUT2D eigenvalue weighted by Gasteiger charge is 2.14. The first kappa shape index (κ1) is 12.6. The smallest absolute Gasteiger partial charge is 0.174 e. The molecule has 0 aromatic heterocycles. The van der Waals surface area contributed by atoms with Gasteiger partial charge < -0.3 is 0 Å². The lowest BCUT2D eigenvalue weighted by Gasteiger charge is -1.99. The lowest BCUT2D eigenvalue weighted by atomic mass is 10.3. The van der Waals surface area contributed by atoms with Crippen molar-refractivity contribution >= 4 is 25.3 Å². The van der Waals surface area contributed by atoms with E-state index in [9.17, 15) is 17.6 Å². The van der Waals surface area contributed by atoms with E-state index in [1.807, 2.05) is 0 Å². The summed E-state index contributed by atoms with van der Waals surface area (Å²) in [6.45, 7) is 2.56. The van der Waals surface area contributed by atoms with Gasteiger partial charge in [-0.25, -0.2) is 17.6 Å². The van der Waals surface area contributed by atoms with Crippen molar-refractivity contribution in [1.82, 2.24) is 0 Å². The zero-order valence-corrected chi connectivity index (χ0v) is 8.11. The topological polar surface area (TPSA) is 0 Å². The third kappa shape index (κ3) is 3.48. The predicted molar refractivity (Wildman–Crippen MR) is 50.5 cm³/mol. The van der Waals surface area contributed by atoms with E-state index in [0.717, 1.165) is 0 Å². The van der Waals surface area contributed by atoms with Gasteiger partial charge >= 0.3 is 0 Å². The maximum Gasteiger partial charge on any atom is 0.174 e. The molecule has 0 aliphatic heterocycles. The first-order chi connectivity index (χ1) is 5.91. The Bertz CT molecular complexity index is 280. The zero-order chi connectivity index (χ0) is 10.6. The van der Waals surface area contributed by atoms with Crippen molar-refractivity contribution in [2.75, 3.05) is 5.75 Å². The van der Waals surface area contributed by atoms with Crippen LogP contribution in [0.2, 0.25) is 0 Å². The normalized spacial score (nSPS) is 14.9. The van der Waals surface area contributed by atoms with Crippen LogP contribution in [0.1, 0.15) is 0 Å². The van der Waals surface area contributed by atoms with Gasteiger partial charge in [0.15, 0.2) is 17.5 Å². The van der Waals surface area contributed by atoms with Crippen molar-refractivity contribution in [3.05, 3.63) is 34.8 Å². The van der Waals surface area contributed by atoms with Crippen LogP contribution >= 0.6 is 25.3 Å². The van der Waals surface area contributed by atoms with Gasteiger partial charge in [-0.3, -0.25) is 0 Å². The molecule has 0 amide bonds. The number of halogens is 4. The van der Waals surface area contributed by atoms with E-state index in [4.69, 9.17) is 0 Å². The van der Waals surface area contributed by atoms with Crippen LogP contribution < -0.4 is 0 Å². The second-order valence-corrected chi connectivity index (χ2v) is 2.71. The highest BCUT2D eigenvalue weighted by atomic mass is 32.1. The minimum Gasteiger partial charge on any atom is -0.208 e. The van der Waals surface area contributed by atoms with E-state index in [1.54, 1.807) is 0 Å². The lowest BCUT2D eigenvalue weighted by Crippen LogP contribution is -1.87. The standard InChI is InChI=1S/C7H6F4S2/c1-3(8)5(10)7(13)6(11)4(9)2-12/h12-13H,1-2H2/b6-4-,7-5-. The monoisotopic (exact) mass is 230 g/mol. The van der Waals surface area contributed by atoms with Gasteiger partial charge in [-0.05, 0) is 0 Å². The van der Waals surface area contributed by atoms with E-state index in [2.05, 4.69) is 31.8 Å². The summed E-state index contributed by atoms with van der Waals surface area (Å²) < 4.78 is 49.7. The van der Waals surface area contributed by atoms with Crippen LogP contribution in [-0.2, 0) is 0 Å². The zero-order valence-electron chi connectivity index (χ0n) is 6.32. The lowest BCUT2D eigenvalue weighted by molar-refractivity contribution is 0.524. The second-order valence-electron chi connectivity index (χ2n) is 1.94. The molecule has 74 valence electrons. The Labute approximate surface area is 83.8 Å². The van der Waals surface area contributed by atoms with E-state index >= 15 is 0 Å². The van der Waals surface area contributed by atoms with Crippen molar-refractivity contribution < 1.29 is 17.6 Å². The Morgan fingerprint density at radius 2 is 1.54 bits per heavy atom. The molecule has 0 aromatic rings. The SMILES string of the molecule is C=C(F)/C(F)=C(S)\C(F)=C(\F)CS. The fourth-order valence-electron chi connectivity index (χ4n) is 0.423. The number of rotatable bonds is 3. The molecule has 0 N–H and O–H groups in total. The molecule has 0 nitrogen and oxygen atoms in total. The molecule has 0 aliphatic rings. The minimum atomic E-state index is -1.63. The average molecular weight is 230 g/mol. The molecule has 0 radical (unpaired) electrons. The molecule has 0 aliphatic carbocycles. The number of thiol groups is 2. The van der Waals surface area contributed by atoms with Gasteiger partial charge in [0.25, 0.3) is 0 Å². The van der Waals surface area contributed by atoms with Crippen LogP contribution in [0.15, 0.2) is 34.8 Å². The van der Waals surface area contributed by atoms with Gasteiger partial charge in [-0.15, -0.1) is 12.6 Å². The fraction of sp³-hybridized carbons (Fsp3) is 0.143. The summed E-state index contributed by atoms with van der Waals surface area (Å²) >= 11 is 6.65. The van der Waals surface area contributed by atoms with Crippen molar-refractivity contribution in [2.45, 2.75) is 0 Å². The van der Waals surface area contributed by atoms with Gasteiger partial charge in [-0.1, -0.05) is 6.58 Å². The van der Waals surface area contributed by atoms with Gasteiger partial charge in [-0.2, -0.15) is 12.6 Å². The molecule has 0 heterocycles. The molecule has 0 spiro atoms. The van der Waals surface area contributed by atoms with Gasteiger partial charge in [0, 0.05) is 5.75 Å². The van der Waals surface area contributed by atoms with Crippen LogP contribution in [-0.4, -0.2) is 5.75 Å². The molecule has 0 saturated carbocycles. The van der Waals surface area contributed by atoms with E-state index in [-0.39, 0.29) is 0 Å². The van der Waals surface area contributed by atoms with E-state index in [1.165, 1.54) is 0 Å². The second kappa shape index (κ2) is 5.39. The maximum absolute atomic E-state index is 12.7. The molecule has 13 heavy (non-hydrogen) atoms. The Morgan fingerprint density at radius 1 is 1.08 bits per heavy atom. The Hall–Kier alpha value is -0.360. The summed E-state index contributed by atoms with van der Waals surface area (Å²) in [6.07, 6.45) is 0. The van der Waals surface area contributed by atoms with E-state index < -0.39 is 34.0 Å². The molecule has 0 saturated heterocycles. The fourth-order valence-corrected chi connectivity index (χ4v) is 0.804. The van der Waals surface area contributed by atoms with Crippen LogP contribution in [0.3, 0.4) is 0 Å². The van der Waals surface area contributed by atoms with Crippen molar-refractivity contribution in [2.24, 2.45) is 0 Å². The van der Waals surface area contributed by atoms with Crippen molar-refractivity contribution in [3.8, 4) is 0 Å². The number of hydrogen-bond donors (Lipinski definition) is 2. The van der Waals surface area contributed by atoms with Gasteiger partial charge in [0.2, 0.25) is 0 Å².